The van der Waals surface area contributed by atoms with Crippen molar-refractivity contribution in [2.24, 2.45) is 0 Å². The summed E-state index contributed by atoms with van der Waals surface area (Å²) in [7, 11) is 0. The summed E-state index contributed by atoms with van der Waals surface area (Å²) < 4.78 is 0. The van der Waals surface area contributed by atoms with Crippen molar-refractivity contribution in [1.29, 1.82) is 0 Å². The van der Waals surface area contributed by atoms with Gasteiger partial charge in [-0.1, -0.05) is 30.7 Å². The van der Waals surface area contributed by atoms with Crippen LogP contribution in [-0.2, 0) is 6.54 Å². The van der Waals surface area contributed by atoms with E-state index in [0.29, 0.717) is 0 Å². The Labute approximate surface area is 96.5 Å². The average Bonchev–Trinajstić information content (AvgIpc) is 2.22. The molecule has 0 amide bonds. The Bertz CT molecular complexity index is 267. The van der Waals surface area contributed by atoms with Crippen LogP contribution in [-0.4, -0.2) is 29.7 Å². The van der Waals surface area contributed by atoms with Crippen LogP contribution in [0, 0.1) is 0 Å². The monoisotopic (exact) mass is 227 g/mol. The zero-order valence-electron chi connectivity index (χ0n) is 9.12. The van der Waals surface area contributed by atoms with E-state index >= 15 is 0 Å². The molecular formula is C12H18ClNO. The summed E-state index contributed by atoms with van der Waals surface area (Å²) in [5, 5.41) is 9.69. The lowest BCUT2D eigenvalue weighted by Gasteiger charge is -2.20. The number of hydrogen-bond donors (Lipinski definition) is 1. The molecule has 84 valence electrons. The van der Waals surface area contributed by atoms with Gasteiger partial charge in [0.1, 0.15) is 0 Å². The maximum atomic E-state index is 8.92. The van der Waals surface area contributed by atoms with Crippen LogP contribution in [0.2, 0.25) is 5.02 Å². The third kappa shape index (κ3) is 4.65. The largest absolute Gasteiger partial charge is 0.395 e. The standard InChI is InChI=1S/C12H18ClNO/c1-2-7-14(8-9-15)10-11-3-5-12(13)6-4-11/h3-6,15H,2,7-10H2,1H3. The van der Waals surface area contributed by atoms with Gasteiger partial charge in [-0.3, -0.25) is 4.90 Å². The SMILES string of the molecule is CCCN(CCO)Cc1ccc(Cl)cc1. The second-order valence-electron chi connectivity index (χ2n) is 3.63. The van der Waals surface area contributed by atoms with E-state index in [1.165, 1.54) is 5.56 Å². The summed E-state index contributed by atoms with van der Waals surface area (Å²) in [6.45, 7) is 4.99. The maximum absolute atomic E-state index is 8.92. The van der Waals surface area contributed by atoms with E-state index < -0.39 is 0 Å². The van der Waals surface area contributed by atoms with Crippen LogP contribution in [0.3, 0.4) is 0 Å². The van der Waals surface area contributed by atoms with Crippen molar-refractivity contribution in [3.05, 3.63) is 34.9 Å². The van der Waals surface area contributed by atoms with Crippen molar-refractivity contribution < 1.29 is 5.11 Å². The smallest absolute Gasteiger partial charge is 0.0558 e. The van der Waals surface area contributed by atoms with E-state index in [4.69, 9.17) is 16.7 Å². The van der Waals surface area contributed by atoms with Crippen LogP contribution in [0.15, 0.2) is 24.3 Å². The Hall–Kier alpha value is -0.570. The number of hydrogen-bond acceptors (Lipinski definition) is 2. The minimum absolute atomic E-state index is 0.216. The average molecular weight is 228 g/mol. The first kappa shape index (κ1) is 12.5. The molecule has 0 fully saturated rings. The molecule has 0 aliphatic heterocycles. The van der Waals surface area contributed by atoms with Crippen molar-refractivity contribution in [2.45, 2.75) is 19.9 Å². The summed E-state index contributed by atoms with van der Waals surface area (Å²) in [4.78, 5) is 2.24. The molecule has 0 spiro atoms. The topological polar surface area (TPSA) is 23.5 Å². The van der Waals surface area contributed by atoms with E-state index in [0.717, 1.165) is 31.1 Å². The highest BCUT2D eigenvalue weighted by Crippen LogP contribution is 2.11. The van der Waals surface area contributed by atoms with Gasteiger partial charge in [0.05, 0.1) is 6.61 Å². The molecule has 0 aromatic heterocycles. The summed E-state index contributed by atoms with van der Waals surface area (Å²) in [6.07, 6.45) is 1.10. The first-order valence-corrected chi connectivity index (χ1v) is 5.71. The summed E-state index contributed by atoms with van der Waals surface area (Å²) >= 11 is 5.82. The summed E-state index contributed by atoms with van der Waals surface area (Å²) in [5.74, 6) is 0. The van der Waals surface area contributed by atoms with Crippen LogP contribution in [0.5, 0.6) is 0 Å². The van der Waals surface area contributed by atoms with Crippen LogP contribution < -0.4 is 0 Å². The minimum Gasteiger partial charge on any atom is -0.395 e. The minimum atomic E-state index is 0.216. The van der Waals surface area contributed by atoms with E-state index in [1.807, 2.05) is 24.3 Å². The molecule has 1 aromatic rings. The van der Waals surface area contributed by atoms with Gasteiger partial charge < -0.3 is 5.11 Å². The van der Waals surface area contributed by atoms with Crippen molar-refractivity contribution in [1.82, 2.24) is 4.90 Å². The van der Waals surface area contributed by atoms with E-state index in [9.17, 15) is 0 Å². The first-order chi connectivity index (χ1) is 7.26. The zero-order valence-corrected chi connectivity index (χ0v) is 9.87. The molecule has 0 heterocycles. The number of nitrogens with zero attached hydrogens (tertiary/aromatic N) is 1. The second-order valence-corrected chi connectivity index (χ2v) is 4.06. The third-order valence-corrected chi connectivity index (χ3v) is 2.53. The second kappa shape index (κ2) is 6.83. The molecule has 1 N–H and O–H groups in total. The van der Waals surface area contributed by atoms with Gasteiger partial charge in [0.2, 0.25) is 0 Å². The van der Waals surface area contributed by atoms with Gasteiger partial charge in [0, 0.05) is 18.1 Å². The maximum Gasteiger partial charge on any atom is 0.0558 e. The molecule has 0 unspecified atom stereocenters. The summed E-state index contributed by atoms with van der Waals surface area (Å²) in [5.41, 5.74) is 1.24. The number of benzene rings is 1. The van der Waals surface area contributed by atoms with Crippen LogP contribution >= 0.6 is 11.6 Å². The number of halogens is 1. The molecule has 0 aliphatic rings. The highest BCUT2D eigenvalue weighted by molar-refractivity contribution is 6.30. The molecule has 0 bridgehead atoms. The third-order valence-electron chi connectivity index (χ3n) is 2.28. The molecule has 0 radical (unpaired) electrons. The normalized spacial score (nSPS) is 10.9. The predicted octanol–water partition coefficient (Wildman–Crippen LogP) is 2.54. The van der Waals surface area contributed by atoms with Crippen molar-refractivity contribution in [3.8, 4) is 0 Å². The Kier molecular flexibility index (Phi) is 5.69. The molecule has 1 aromatic carbocycles. The van der Waals surface area contributed by atoms with Crippen molar-refractivity contribution in [2.75, 3.05) is 19.7 Å². The Morgan fingerprint density at radius 2 is 1.87 bits per heavy atom. The molecule has 15 heavy (non-hydrogen) atoms. The lowest BCUT2D eigenvalue weighted by Crippen LogP contribution is -2.27. The molecule has 0 atom stereocenters. The number of aliphatic hydroxyl groups excluding tert-OH is 1. The lowest BCUT2D eigenvalue weighted by molar-refractivity contribution is 0.190. The highest BCUT2D eigenvalue weighted by atomic mass is 35.5. The molecule has 0 saturated heterocycles. The Morgan fingerprint density at radius 3 is 2.40 bits per heavy atom. The van der Waals surface area contributed by atoms with Crippen LogP contribution in [0.25, 0.3) is 0 Å². The lowest BCUT2D eigenvalue weighted by atomic mass is 10.2. The fraction of sp³-hybridized carbons (Fsp3) is 0.500. The van der Waals surface area contributed by atoms with Gasteiger partial charge in [0.15, 0.2) is 0 Å². The van der Waals surface area contributed by atoms with Gasteiger partial charge in [-0.05, 0) is 30.7 Å². The molecule has 0 aliphatic carbocycles. The van der Waals surface area contributed by atoms with Gasteiger partial charge in [-0.25, -0.2) is 0 Å². The molecular weight excluding hydrogens is 210 g/mol. The van der Waals surface area contributed by atoms with Gasteiger partial charge >= 0.3 is 0 Å². The Morgan fingerprint density at radius 1 is 1.20 bits per heavy atom. The number of rotatable bonds is 6. The highest BCUT2D eigenvalue weighted by Gasteiger charge is 2.03. The fourth-order valence-corrected chi connectivity index (χ4v) is 1.70. The van der Waals surface area contributed by atoms with E-state index in [2.05, 4.69) is 11.8 Å². The van der Waals surface area contributed by atoms with Crippen molar-refractivity contribution in [3.63, 3.8) is 0 Å². The quantitative estimate of drug-likeness (QED) is 0.808. The Balaban J connectivity index is 2.53. The molecule has 2 nitrogen and oxygen atoms in total. The van der Waals surface area contributed by atoms with E-state index in [1.54, 1.807) is 0 Å². The zero-order chi connectivity index (χ0) is 11.1. The fourth-order valence-electron chi connectivity index (χ4n) is 1.58. The van der Waals surface area contributed by atoms with E-state index in [-0.39, 0.29) is 6.61 Å². The van der Waals surface area contributed by atoms with Gasteiger partial charge in [-0.15, -0.1) is 0 Å². The molecule has 3 heteroatoms. The number of aliphatic hydroxyl groups is 1. The molecule has 0 saturated carbocycles. The van der Waals surface area contributed by atoms with Gasteiger partial charge in [0.25, 0.3) is 0 Å². The first-order valence-electron chi connectivity index (χ1n) is 5.34. The van der Waals surface area contributed by atoms with Crippen LogP contribution in [0.4, 0.5) is 0 Å². The predicted molar refractivity (Wildman–Crippen MR) is 64.1 cm³/mol. The van der Waals surface area contributed by atoms with Crippen molar-refractivity contribution >= 4 is 11.6 Å². The molecule has 1 rings (SSSR count). The summed E-state index contributed by atoms with van der Waals surface area (Å²) in [6, 6.07) is 7.87. The van der Waals surface area contributed by atoms with Gasteiger partial charge in [-0.2, -0.15) is 0 Å². The van der Waals surface area contributed by atoms with Crippen LogP contribution in [0.1, 0.15) is 18.9 Å².